The number of aldehydes is 1. The minimum Gasteiger partial charge on any atom is -0.468 e. The third-order valence-electron chi connectivity index (χ3n) is 3.79. The third kappa shape index (κ3) is 2.21. The molecule has 0 aliphatic carbocycles. The van der Waals surface area contributed by atoms with Crippen molar-refractivity contribution in [1.82, 2.24) is 0 Å². The van der Waals surface area contributed by atoms with E-state index in [-0.39, 0.29) is 5.91 Å². The van der Waals surface area contributed by atoms with Crippen molar-refractivity contribution in [3.8, 4) is 0 Å². The van der Waals surface area contributed by atoms with Crippen LogP contribution in [0.3, 0.4) is 0 Å². The van der Waals surface area contributed by atoms with Gasteiger partial charge in [-0.15, -0.1) is 5.73 Å². The standard InChI is InChI=1S/C16H14BrNO4/c1-4-7-16(9-19,15(21)22-3)13-11-8-10(17)5-6-12(11)18(2)14(13)20/h5-9,13H,1H2,2-3H3. The van der Waals surface area contributed by atoms with E-state index in [1.165, 1.54) is 18.1 Å². The van der Waals surface area contributed by atoms with Crippen molar-refractivity contribution in [2.75, 3.05) is 19.1 Å². The highest BCUT2D eigenvalue weighted by molar-refractivity contribution is 9.10. The van der Waals surface area contributed by atoms with Crippen LogP contribution in [0.25, 0.3) is 0 Å². The molecule has 2 unspecified atom stereocenters. The quantitative estimate of drug-likeness (QED) is 0.356. The molecule has 5 nitrogen and oxygen atoms in total. The van der Waals surface area contributed by atoms with E-state index in [1.807, 2.05) is 0 Å². The van der Waals surface area contributed by atoms with E-state index < -0.39 is 17.3 Å². The second-order valence-electron chi connectivity index (χ2n) is 4.92. The van der Waals surface area contributed by atoms with Crippen LogP contribution in [0.2, 0.25) is 0 Å². The lowest BCUT2D eigenvalue weighted by molar-refractivity contribution is -0.154. The van der Waals surface area contributed by atoms with E-state index in [0.717, 1.165) is 4.47 Å². The number of amides is 1. The van der Waals surface area contributed by atoms with Gasteiger partial charge in [0.05, 0.1) is 13.0 Å². The first-order chi connectivity index (χ1) is 10.4. The van der Waals surface area contributed by atoms with Gasteiger partial charge in [-0.2, -0.15) is 0 Å². The fourth-order valence-electron chi connectivity index (χ4n) is 2.73. The highest BCUT2D eigenvalue weighted by Crippen LogP contribution is 2.47. The molecule has 0 radical (unpaired) electrons. The fourth-order valence-corrected chi connectivity index (χ4v) is 3.10. The predicted molar refractivity (Wildman–Crippen MR) is 84.5 cm³/mol. The molecule has 0 aromatic heterocycles. The maximum atomic E-state index is 12.7. The maximum Gasteiger partial charge on any atom is 0.324 e. The van der Waals surface area contributed by atoms with Crippen LogP contribution in [-0.4, -0.2) is 32.3 Å². The number of carbonyl (C=O) groups is 3. The Bertz CT molecular complexity index is 708. The zero-order valence-electron chi connectivity index (χ0n) is 12.1. The van der Waals surface area contributed by atoms with Crippen LogP contribution in [0, 0.1) is 5.41 Å². The number of hydrogen-bond donors (Lipinski definition) is 0. The molecule has 0 spiro atoms. The first-order valence-electron chi connectivity index (χ1n) is 6.41. The Kier molecular flexibility index (Phi) is 4.35. The molecule has 0 saturated carbocycles. The molecule has 2 rings (SSSR count). The molecule has 1 aliphatic rings. The van der Waals surface area contributed by atoms with E-state index in [4.69, 9.17) is 4.74 Å². The van der Waals surface area contributed by atoms with E-state index >= 15 is 0 Å². The number of hydrogen-bond acceptors (Lipinski definition) is 4. The molecule has 6 heteroatoms. The fraction of sp³-hybridized carbons (Fsp3) is 0.250. The van der Waals surface area contributed by atoms with E-state index in [1.54, 1.807) is 25.2 Å². The Morgan fingerprint density at radius 1 is 1.55 bits per heavy atom. The molecule has 1 aromatic rings. The second-order valence-corrected chi connectivity index (χ2v) is 5.84. The molecule has 0 fully saturated rings. The summed E-state index contributed by atoms with van der Waals surface area (Å²) in [5.74, 6) is -2.19. The number of nitrogens with zero attached hydrogens (tertiary/aromatic N) is 1. The van der Waals surface area contributed by atoms with Crippen molar-refractivity contribution in [3.05, 3.63) is 46.6 Å². The van der Waals surface area contributed by atoms with Crippen LogP contribution < -0.4 is 4.90 Å². The van der Waals surface area contributed by atoms with Crippen LogP contribution in [0.15, 0.2) is 41.1 Å². The lowest BCUT2D eigenvalue weighted by Crippen LogP contribution is -2.42. The smallest absolute Gasteiger partial charge is 0.324 e. The molecule has 1 amide bonds. The molecule has 0 N–H and O–H groups in total. The summed E-state index contributed by atoms with van der Waals surface area (Å²) in [4.78, 5) is 38.1. The predicted octanol–water partition coefficient (Wildman–Crippen LogP) is 2.21. The molecule has 1 aromatic carbocycles. The first kappa shape index (κ1) is 16.2. The number of benzene rings is 1. The Balaban J connectivity index is 2.75. The van der Waals surface area contributed by atoms with Gasteiger partial charge in [0.1, 0.15) is 6.29 Å². The van der Waals surface area contributed by atoms with Gasteiger partial charge in [-0.3, -0.25) is 9.59 Å². The third-order valence-corrected chi connectivity index (χ3v) is 4.29. The van der Waals surface area contributed by atoms with Crippen molar-refractivity contribution in [2.45, 2.75) is 5.92 Å². The minimum atomic E-state index is -1.78. The lowest BCUT2D eigenvalue weighted by Gasteiger charge is -2.26. The van der Waals surface area contributed by atoms with E-state index in [2.05, 4.69) is 28.2 Å². The van der Waals surface area contributed by atoms with Gasteiger partial charge in [-0.1, -0.05) is 22.5 Å². The largest absolute Gasteiger partial charge is 0.468 e. The van der Waals surface area contributed by atoms with E-state index in [0.29, 0.717) is 17.5 Å². The zero-order valence-corrected chi connectivity index (χ0v) is 13.7. The summed E-state index contributed by atoms with van der Waals surface area (Å²) in [7, 11) is 2.77. The molecular weight excluding hydrogens is 350 g/mol. The summed E-state index contributed by atoms with van der Waals surface area (Å²) >= 11 is 3.34. The number of halogens is 1. The Labute approximate surface area is 136 Å². The molecule has 22 heavy (non-hydrogen) atoms. The topological polar surface area (TPSA) is 63.7 Å². The number of anilines is 1. The summed E-state index contributed by atoms with van der Waals surface area (Å²) in [6.45, 7) is 3.42. The van der Waals surface area contributed by atoms with Crippen LogP contribution in [0.4, 0.5) is 5.69 Å². The van der Waals surface area contributed by atoms with Gasteiger partial charge >= 0.3 is 5.97 Å². The lowest BCUT2D eigenvalue weighted by atomic mass is 9.73. The van der Waals surface area contributed by atoms with Gasteiger partial charge in [0, 0.05) is 17.2 Å². The number of likely N-dealkylation sites (N-methyl/N-ethyl adjacent to an activating group) is 1. The molecule has 114 valence electrons. The zero-order chi connectivity index (χ0) is 16.5. The highest BCUT2D eigenvalue weighted by atomic mass is 79.9. The molecule has 1 heterocycles. The summed E-state index contributed by atoms with van der Waals surface area (Å²) in [6, 6.07) is 5.26. The molecular formula is C16H14BrNO4. The number of rotatable bonds is 4. The highest BCUT2D eigenvalue weighted by Gasteiger charge is 2.54. The average Bonchev–Trinajstić information content (AvgIpc) is 2.76. The minimum absolute atomic E-state index is 0.364. The van der Waals surface area contributed by atoms with Gasteiger partial charge in [0.25, 0.3) is 0 Å². The number of ether oxygens (including phenoxy) is 1. The number of methoxy groups -OCH3 is 1. The molecule has 1 aliphatic heterocycles. The summed E-state index contributed by atoms with van der Waals surface area (Å²) < 4.78 is 5.49. The van der Waals surface area contributed by atoms with Crippen molar-refractivity contribution in [3.63, 3.8) is 0 Å². The van der Waals surface area contributed by atoms with Crippen LogP contribution in [-0.2, 0) is 19.1 Å². The molecule has 2 atom stereocenters. The van der Waals surface area contributed by atoms with Crippen LogP contribution in [0.5, 0.6) is 0 Å². The van der Waals surface area contributed by atoms with Gasteiger partial charge in [-0.25, -0.2) is 0 Å². The van der Waals surface area contributed by atoms with Gasteiger partial charge < -0.3 is 14.4 Å². The molecule has 0 saturated heterocycles. The van der Waals surface area contributed by atoms with Crippen molar-refractivity contribution in [1.29, 1.82) is 0 Å². The second kappa shape index (κ2) is 5.91. The molecule has 0 bridgehead atoms. The summed E-state index contributed by atoms with van der Waals surface area (Å²) in [5.41, 5.74) is 1.88. The number of esters is 1. The van der Waals surface area contributed by atoms with Crippen molar-refractivity contribution in [2.24, 2.45) is 5.41 Å². The number of fused-ring (bicyclic) bond motifs is 1. The number of carbonyl (C=O) groups excluding carboxylic acids is 3. The van der Waals surface area contributed by atoms with Crippen molar-refractivity contribution < 1.29 is 19.1 Å². The maximum absolute atomic E-state index is 12.7. The average molecular weight is 364 g/mol. The van der Waals surface area contributed by atoms with Gasteiger partial charge in [-0.05, 0) is 29.8 Å². The van der Waals surface area contributed by atoms with Gasteiger partial charge in [0.2, 0.25) is 5.91 Å². The summed E-state index contributed by atoms with van der Waals surface area (Å²) in [6.07, 6.45) is 1.61. The van der Waals surface area contributed by atoms with Crippen LogP contribution >= 0.6 is 15.9 Å². The van der Waals surface area contributed by atoms with Gasteiger partial charge in [0.15, 0.2) is 5.41 Å². The SMILES string of the molecule is C=C=CC(C=O)(C(=O)OC)C1C(=O)N(C)c2ccc(Br)cc21. The monoisotopic (exact) mass is 363 g/mol. The van der Waals surface area contributed by atoms with Crippen molar-refractivity contribution >= 4 is 39.8 Å². The van der Waals surface area contributed by atoms with Crippen LogP contribution in [0.1, 0.15) is 11.5 Å². The first-order valence-corrected chi connectivity index (χ1v) is 7.21. The Hall–Kier alpha value is -2.17. The summed E-state index contributed by atoms with van der Waals surface area (Å²) in [5, 5.41) is 0. The Morgan fingerprint density at radius 2 is 2.23 bits per heavy atom. The normalized spacial score (nSPS) is 19.0. The van der Waals surface area contributed by atoms with E-state index in [9.17, 15) is 14.4 Å². The Morgan fingerprint density at radius 3 is 2.77 bits per heavy atom.